The number of aromatic hydroxyl groups is 2. The highest BCUT2D eigenvalue weighted by Crippen LogP contribution is 2.29. The van der Waals surface area contributed by atoms with Crippen LogP contribution in [0.25, 0.3) is 0 Å². The van der Waals surface area contributed by atoms with Crippen molar-refractivity contribution in [3.63, 3.8) is 0 Å². The van der Waals surface area contributed by atoms with E-state index in [0.29, 0.717) is 17.0 Å². The fourth-order valence-electron chi connectivity index (χ4n) is 1.90. The minimum Gasteiger partial charge on any atom is -0.507 e. The van der Waals surface area contributed by atoms with Crippen LogP contribution in [0, 0.1) is 0 Å². The third kappa shape index (κ3) is 3.17. The molecule has 0 atom stereocenters. The molecule has 0 heterocycles. The van der Waals surface area contributed by atoms with Gasteiger partial charge < -0.3 is 14.9 Å². The van der Waals surface area contributed by atoms with Crippen molar-refractivity contribution in [2.24, 2.45) is 5.10 Å². The lowest BCUT2D eigenvalue weighted by atomic mass is 10.1. The van der Waals surface area contributed by atoms with Gasteiger partial charge in [-0.15, -0.1) is 0 Å². The molecule has 0 saturated heterocycles. The normalized spacial score (nSPS) is 11.1. The molecule has 0 aliphatic heterocycles. The number of nitrogens with zero attached hydrogens (tertiary/aromatic N) is 1. The van der Waals surface area contributed by atoms with Crippen LogP contribution in [-0.2, 0) is 0 Å². The molecule has 0 unspecified atom stereocenters. The highest BCUT2D eigenvalue weighted by atomic mass is 16.5. The number of nitrogens with one attached hydrogen (secondary N) is 1. The van der Waals surface area contributed by atoms with Gasteiger partial charge in [0.25, 0.3) is 5.91 Å². The minimum atomic E-state index is -0.542. The van der Waals surface area contributed by atoms with Gasteiger partial charge in [-0.2, -0.15) is 5.10 Å². The van der Waals surface area contributed by atoms with Crippen LogP contribution in [0.15, 0.2) is 47.6 Å². The maximum absolute atomic E-state index is 11.9. The second-order valence-electron chi connectivity index (χ2n) is 4.51. The van der Waals surface area contributed by atoms with E-state index in [-0.39, 0.29) is 17.1 Å². The summed E-state index contributed by atoms with van der Waals surface area (Å²) in [6.07, 6.45) is 0. The van der Waals surface area contributed by atoms with Gasteiger partial charge in [0.2, 0.25) is 0 Å². The molecule has 2 rings (SSSR count). The summed E-state index contributed by atoms with van der Waals surface area (Å²) in [5.74, 6) is -0.404. The summed E-state index contributed by atoms with van der Waals surface area (Å²) in [6.45, 7) is 1.64. The zero-order chi connectivity index (χ0) is 16.1. The van der Waals surface area contributed by atoms with Crippen LogP contribution >= 0.6 is 0 Å². The average molecular weight is 300 g/mol. The number of hydrogen-bond donors (Lipinski definition) is 3. The number of phenols is 2. The number of hydrazone groups is 1. The van der Waals surface area contributed by atoms with E-state index in [1.165, 1.54) is 19.2 Å². The first-order valence-electron chi connectivity index (χ1n) is 6.53. The third-order valence-electron chi connectivity index (χ3n) is 3.08. The number of carbonyl (C=O) groups excluding carboxylic acids is 1. The van der Waals surface area contributed by atoms with Gasteiger partial charge in [-0.25, -0.2) is 5.43 Å². The van der Waals surface area contributed by atoms with Gasteiger partial charge in [0.15, 0.2) is 11.5 Å². The molecule has 0 aromatic heterocycles. The summed E-state index contributed by atoms with van der Waals surface area (Å²) in [5, 5.41) is 23.6. The van der Waals surface area contributed by atoms with Crippen LogP contribution in [-0.4, -0.2) is 28.9 Å². The molecule has 22 heavy (non-hydrogen) atoms. The first kappa shape index (κ1) is 15.4. The molecule has 2 aromatic rings. The van der Waals surface area contributed by atoms with E-state index in [2.05, 4.69) is 10.5 Å². The van der Waals surface area contributed by atoms with Crippen molar-refractivity contribution in [3.05, 3.63) is 53.6 Å². The second kappa shape index (κ2) is 6.62. The monoisotopic (exact) mass is 300 g/mol. The number of ether oxygens (including phenoxy) is 1. The standard InChI is InChI=1S/C16H16N2O4/c1-10(11-7-5-9-14(22-2)15(11)20)17-18-16(21)12-6-3-4-8-13(12)19/h3-9,19-20H,1-2H3,(H,18,21)/b17-10+. The number of phenolic OH excluding ortho intramolecular Hbond substituents is 2. The number of carbonyl (C=O) groups is 1. The SMILES string of the molecule is COc1cccc(/C(C)=N/NC(=O)c2ccccc2O)c1O. The molecule has 6 nitrogen and oxygen atoms in total. The van der Waals surface area contributed by atoms with Gasteiger partial charge in [0, 0.05) is 5.56 Å². The van der Waals surface area contributed by atoms with Crippen LogP contribution in [0.4, 0.5) is 0 Å². The lowest BCUT2D eigenvalue weighted by Gasteiger charge is -2.08. The maximum Gasteiger partial charge on any atom is 0.275 e. The molecule has 1 amide bonds. The third-order valence-corrected chi connectivity index (χ3v) is 3.08. The number of benzene rings is 2. The highest BCUT2D eigenvalue weighted by molar-refractivity contribution is 6.03. The van der Waals surface area contributed by atoms with Gasteiger partial charge in [0.05, 0.1) is 18.4 Å². The van der Waals surface area contributed by atoms with Crippen molar-refractivity contribution in [1.82, 2.24) is 5.43 Å². The van der Waals surface area contributed by atoms with E-state index < -0.39 is 5.91 Å². The van der Waals surface area contributed by atoms with Crippen molar-refractivity contribution in [3.8, 4) is 17.2 Å². The van der Waals surface area contributed by atoms with E-state index in [9.17, 15) is 15.0 Å². The molecule has 0 fully saturated rings. The highest BCUT2D eigenvalue weighted by Gasteiger charge is 2.12. The number of rotatable bonds is 4. The first-order valence-corrected chi connectivity index (χ1v) is 6.53. The van der Waals surface area contributed by atoms with Gasteiger partial charge in [-0.3, -0.25) is 4.79 Å². The largest absolute Gasteiger partial charge is 0.507 e. The first-order chi connectivity index (χ1) is 10.5. The smallest absolute Gasteiger partial charge is 0.275 e. The Balaban J connectivity index is 2.20. The summed E-state index contributed by atoms with van der Waals surface area (Å²) in [5.41, 5.74) is 3.30. The summed E-state index contributed by atoms with van der Waals surface area (Å²) < 4.78 is 5.02. The Morgan fingerprint density at radius 1 is 1.09 bits per heavy atom. The minimum absolute atomic E-state index is 0.0527. The molecule has 0 bridgehead atoms. The molecule has 0 aliphatic carbocycles. The molecule has 0 spiro atoms. The molecular weight excluding hydrogens is 284 g/mol. The topological polar surface area (TPSA) is 91.2 Å². The Kier molecular flexibility index (Phi) is 4.63. The fourth-order valence-corrected chi connectivity index (χ4v) is 1.90. The van der Waals surface area contributed by atoms with Crippen molar-refractivity contribution in [1.29, 1.82) is 0 Å². The van der Waals surface area contributed by atoms with E-state index in [0.717, 1.165) is 0 Å². The average Bonchev–Trinajstić information content (AvgIpc) is 2.53. The summed E-state index contributed by atoms with van der Waals surface area (Å²) in [6, 6.07) is 11.1. The summed E-state index contributed by atoms with van der Waals surface area (Å²) in [4.78, 5) is 11.9. The second-order valence-corrected chi connectivity index (χ2v) is 4.51. The zero-order valence-corrected chi connectivity index (χ0v) is 12.2. The predicted molar refractivity (Wildman–Crippen MR) is 82.4 cm³/mol. The molecule has 2 aromatic carbocycles. The number of hydrogen-bond acceptors (Lipinski definition) is 5. The molecule has 3 N–H and O–H groups in total. The zero-order valence-electron chi connectivity index (χ0n) is 12.2. The lowest BCUT2D eigenvalue weighted by molar-refractivity contribution is 0.0952. The molecule has 6 heteroatoms. The molecule has 0 radical (unpaired) electrons. The van der Waals surface area contributed by atoms with Gasteiger partial charge in [0.1, 0.15) is 5.75 Å². The number of amides is 1. The van der Waals surface area contributed by atoms with E-state index >= 15 is 0 Å². The summed E-state index contributed by atoms with van der Waals surface area (Å²) in [7, 11) is 1.45. The number of methoxy groups -OCH3 is 1. The van der Waals surface area contributed by atoms with E-state index in [1.807, 2.05) is 0 Å². The molecule has 114 valence electrons. The van der Waals surface area contributed by atoms with Crippen LogP contribution < -0.4 is 10.2 Å². The van der Waals surface area contributed by atoms with Crippen molar-refractivity contribution in [2.45, 2.75) is 6.92 Å². The van der Waals surface area contributed by atoms with Crippen LogP contribution in [0.1, 0.15) is 22.8 Å². The Bertz CT molecular complexity index is 726. The van der Waals surface area contributed by atoms with Crippen molar-refractivity contribution in [2.75, 3.05) is 7.11 Å². The van der Waals surface area contributed by atoms with Gasteiger partial charge >= 0.3 is 0 Å². The van der Waals surface area contributed by atoms with Crippen LogP contribution in [0.3, 0.4) is 0 Å². The van der Waals surface area contributed by atoms with E-state index in [1.54, 1.807) is 37.3 Å². The quantitative estimate of drug-likeness (QED) is 0.596. The lowest BCUT2D eigenvalue weighted by Crippen LogP contribution is -2.19. The van der Waals surface area contributed by atoms with Gasteiger partial charge in [-0.1, -0.05) is 18.2 Å². The van der Waals surface area contributed by atoms with Crippen molar-refractivity contribution < 1.29 is 19.7 Å². The van der Waals surface area contributed by atoms with Crippen LogP contribution in [0.2, 0.25) is 0 Å². The van der Waals surface area contributed by atoms with Gasteiger partial charge in [-0.05, 0) is 31.2 Å². The maximum atomic E-state index is 11.9. The van der Waals surface area contributed by atoms with Crippen LogP contribution in [0.5, 0.6) is 17.2 Å². The Morgan fingerprint density at radius 2 is 1.77 bits per heavy atom. The Labute approximate surface area is 127 Å². The van der Waals surface area contributed by atoms with Crippen molar-refractivity contribution >= 4 is 11.6 Å². The molecule has 0 saturated carbocycles. The number of para-hydroxylation sites is 2. The molecular formula is C16H16N2O4. The fraction of sp³-hybridized carbons (Fsp3) is 0.125. The molecule has 0 aliphatic rings. The Morgan fingerprint density at radius 3 is 2.45 bits per heavy atom. The summed E-state index contributed by atoms with van der Waals surface area (Å²) >= 11 is 0. The van der Waals surface area contributed by atoms with E-state index in [4.69, 9.17) is 4.74 Å². The predicted octanol–water partition coefficient (Wildman–Crippen LogP) is 2.26. The Hall–Kier alpha value is -3.02.